The summed E-state index contributed by atoms with van der Waals surface area (Å²) in [6.07, 6.45) is -1.41. The first-order chi connectivity index (χ1) is 17.0. The van der Waals surface area contributed by atoms with E-state index < -0.39 is 18.5 Å². The Labute approximate surface area is 212 Å². The van der Waals surface area contributed by atoms with Crippen molar-refractivity contribution < 1.29 is 18.6 Å². The molecule has 36 heavy (non-hydrogen) atoms. The summed E-state index contributed by atoms with van der Waals surface area (Å²) in [5, 5.41) is 11.5. The Hall–Kier alpha value is -3.45. The van der Waals surface area contributed by atoms with Crippen LogP contribution >= 0.6 is 11.6 Å². The number of ether oxygens (including phenoxy) is 1. The van der Waals surface area contributed by atoms with E-state index in [-0.39, 0.29) is 45.3 Å². The maximum absolute atomic E-state index is 13.4. The van der Waals surface area contributed by atoms with Gasteiger partial charge in [-0.3, -0.25) is 9.36 Å². The first-order valence-corrected chi connectivity index (χ1v) is 11.9. The third kappa shape index (κ3) is 4.32. The number of aromatic nitrogens is 2. The summed E-state index contributed by atoms with van der Waals surface area (Å²) in [5.74, 6) is -0.178. The van der Waals surface area contributed by atoms with Crippen molar-refractivity contribution in [2.24, 2.45) is 0 Å². The molecule has 0 saturated carbocycles. The third-order valence-electron chi connectivity index (χ3n) is 7.07. The molecule has 0 saturated heterocycles. The van der Waals surface area contributed by atoms with E-state index in [1.54, 1.807) is 24.3 Å². The number of halogens is 3. The molecule has 1 N–H and O–H groups in total. The van der Waals surface area contributed by atoms with E-state index in [0.717, 1.165) is 21.3 Å². The van der Waals surface area contributed by atoms with Gasteiger partial charge in [0.2, 0.25) is 0 Å². The predicted molar refractivity (Wildman–Crippen MR) is 139 cm³/mol. The minimum Gasteiger partial charge on any atom is -0.506 e. The predicted octanol–water partition coefficient (Wildman–Crippen LogP) is 6.81. The van der Waals surface area contributed by atoms with Crippen LogP contribution < -0.4 is 10.3 Å². The molecule has 2 aromatic carbocycles. The number of fused-ring (bicyclic) bond motifs is 1. The lowest BCUT2D eigenvalue weighted by Crippen LogP contribution is -2.26. The molecular formula is C28H27ClF2N2O3. The van der Waals surface area contributed by atoms with E-state index in [1.165, 1.54) is 29.0 Å². The van der Waals surface area contributed by atoms with Gasteiger partial charge >= 0.3 is 0 Å². The number of para-hydroxylation sites is 1. The Bertz CT molecular complexity index is 1520. The molecule has 0 unspecified atom stereocenters. The molecule has 0 amide bonds. The van der Waals surface area contributed by atoms with Crippen molar-refractivity contribution in [2.75, 3.05) is 0 Å². The molecule has 188 valence electrons. The highest BCUT2D eigenvalue weighted by Crippen LogP contribution is 2.41. The largest absolute Gasteiger partial charge is 0.506 e. The highest BCUT2D eigenvalue weighted by atomic mass is 35.5. The van der Waals surface area contributed by atoms with Crippen LogP contribution in [0.2, 0.25) is 5.02 Å². The van der Waals surface area contributed by atoms with Gasteiger partial charge in [0.15, 0.2) is 0 Å². The molecule has 0 aliphatic heterocycles. The lowest BCUT2D eigenvalue weighted by atomic mass is 9.90. The van der Waals surface area contributed by atoms with Gasteiger partial charge < -0.3 is 9.84 Å². The molecule has 8 heteroatoms. The van der Waals surface area contributed by atoms with Gasteiger partial charge in [-0.1, -0.05) is 23.7 Å². The van der Waals surface area contributed by atoms with Gasteiger partial charge in [-0.05, 0) is 86.2 Å². The lowest BCUT2D eigenvalue weighted by molar-refractivity contribution is 0.126. The first-order valence-electron chi connectivity index (χ1n) is 11.5. The van der Waals surface area contributed by atoms with E-state index >= 15 is 0 Å². The first kappa shape index (κ1) is 25.6. The van der Waals surface area contributed by atoms with Gasteiger partial charge in [-0.2, -0.15) is 0 Å². The van der Waals surface area contributed by atoms with Gasteiger partial charge in [0.1, 0.15) is 23.8 Å². The van der Waals surface area contributed by atoms with Crippen molar-refractivity contribution in [3.63, 3.8) is 0 Å². The second-order valence-corrected chi connectivity index (χ2v) is 9.32. The zero-order chi connectivity index (χ0) is 26.3. The molecule has 0 radical (unpaired) electrons. The number of alkyl halides is 2. The summed E-state index contributed by atoms with van der Waals surface area (Å²) in [6, 6.07) is 7.90. The van der Waals surface area contributed by atoms with Crippen LogP contribution in [0.5, 0.6) is 11.5 Å². The Morgan fingerprint density at radius 3 is 2.28 bits per heavy atom. The minimum absolute atomic E-state index is 0.0228. The molecule has 5 nitrogen and oxygen atoms in total. The van der Waals surface area contributed by atoms with Crippen LogP contribution in [0.4, 0.5) is 8.78 Å². The summed E-state index contributed by atoms with van der Waals surface area (Å²) < 4.78 is 33.9. The molecule has 0 spiro atoms. The highest BCUT2D eigenvalue weighted by molar-refractivity contribution is 6.32. The van der Waals surface area contributed by atoms with Crippen LogP contribution in [0, 0.1) is 34.6 Å². The van der Waals surface area contributed by atoms with E-state index in [2.05, 4.69) is 25.8 Å². The Balaban J connectivity index is 1.90. The Morgan fingerprint density at radius 2 is 1.64 bits per heavy atom. The molecule has 4 rings (SSSR count). The number of hydrogen-bond acceptors (Lipinski definition) is 4. The number of aromatic hydroxyl groups is 1. The van der Waals surface area contributed by atoms with Gasteiger partial charge in [-0.15, -0.1) is 0 Å². The quantitative estimate of drug-likeness (QED) is 0.308. The van der Waals surface area contributed by atoms with Gasteiger partial charge in [-0.25, -0.2) is 13.8 Å². The fourth-order valence-corrected chi connectivity index (χ4v) is 4.83. The monoisotopic (exact) mass is 512 g/mol. The SMILES string of the molecule is Cc1c(C)c(C)c(COc2c(Cl)cccc2-c2c(O)c3cccnc3n(CC(F)F)c2=O)c(C)c1C. The zero-order valence-electron chi connectivity index (χ0n) is 20.7. The lowest BCUT2D eigenvalue weighted by Gasteiger charge is -2.21. The molecule has 0 aliphatic carbocycles. The highest BCUT2D eigenvalue weighted by Gasteiger charge is 2.24. The number of pyridine rings is 2. The van der Waals surface area contributed by atoms with Gasteiger partial charge in [0.05, 0.1) is 22.5 Å². The molecule has 0 aliphatic rings. The molecule has 4 aromatic rings. The smallest absolute Gasteiger partial charge is 0.264 e. The third-order valence-corrected chi connectivity index (χ3v) is 7.36. The Kier molecular flexibility index (Phi) is 7.05. The second-order valence-electron chi connectivity index (χ2n) is 8.91. The summed E-state index contributed by atoms with van der Waals surface area (Å²) in [4.78, 5) is 17.5. The Morgan fingerprint density at radius 1 is 1.00 bits per heavy atom. The van der Waals surface area contributed by atoms with Crippen molar-refractivity contribution in [1.82, 2.24) is 9.55 Å². The van der Waals surface area contributed by atoms with Gasteiger partial charge in [0.25, 0.3) is 12.0 Å². The standard InChI is InChI=1S/C28H27ClF2N2O3/c1-14-15(2)17(4)21(18(5)16(14)3)13-36-26-19(8-6-10-22(26)29)24-25(34)20-9-7-11-32-27(20)33(28(24)35)12-23(30)31/h6-11,23,34H,12-13H2,1-5H3. The zero-order valence-corrected chi connectivity index (χ0v) is 21.5. The van der Waals surface area contributed by atoms with E-state index in [0.29, 0.717) is 0 Å². The van der Waals surface area contributed by atoms with Crippen molar-refractivity contribution in [3.8, 4) is 22.6 Å². The molecule has 0 fully saturated rings. The maximum Gasteiger partial charge on any atom is 0.264 e. The van der Waals surface area contributed by atoms with E-state index in [4.69, 9.17) is 16.3 Å². The number of nitrogens with zero attached hydrogens (tertiary/aromatic N) is 2. The molecule has 0 bridgehead atoms. The van der Waals surface area contributed by atoms with Crippen molar-refractivity contribution >= 4 is 22.6 Å². The average Bonchev–Trinajstić information content (AvgIpc) is 2.85. The normalized spacial score (nSPS) is 11.5. The molecule has 2 aromatic heterocycles. The molecule has 2 heterocycles. The second kappa shape index (κ2) is 9.90. The fourth-order valence-electron chi connectivity index (χ4n) is 4.61. The fraction of sp³-hybridized carbons (Fsp3) is 0.286. The van der Waals surface area contributed by atoms with Crippen LogP contribution in [0.3, 0.4) is 0 Å². The maximum atomic E-state index is 13.4. The number of rotatable bonds is 6. The van der Waals surface area contributed by atoms with Crippen molar-refractivity contribution in [1.29, 1.82) is 0 Å². The van der Waals surface area contributed by atoms with Gasteiger partial charge in [0, 0.05) is 11.8 Å². The topological polar surface area (TPSA) is 64.3 Å². The van der Waals surface area contributed by atoms with Crippen LogP contribution in [-0.2, 0) is 13.2 Å². The van der Waals surface area contributed by atoms with Crippen molar-refractivity contribution in [3.05, 3.63) is 85.3 Å². The van der Waals surface area contributed by atoms with E-state index in [9.17, 15) is 18.7 Å². The molecule has 0 atom stereocenters. The average molecular weight is 513 g/mol. The van der Waals surface area contributed by atoms with Crippen LogP contribution in [0.15, 0.2) is 41.3 Å². The van der Waals surface area contributed by atoms with Crippen LogP contribution in [0.25, 0.3) is 22.2 Å². The molecular weight excluding hydrogens is 486 g/mol. The minimum atomic E-state index is -2.79. The summed E-state index contributed by atoms with van der Waals surface area (Å²) in [5.41, 5.74) is 5.99. The number of hydrogen-bond donors (Lipinski definition) is 1. The van der Waals surface area contributed by atoms with Crippen LogP contribution in [-0.4, -0.2) is 21.1 Å². The van der Waals surface area contributed by atoms with Crippen LogP contribution in [0.1, 0.15) is 33.4 Å². The van der Waals surface area contributed by atoms with Crippen molar-refractivity contribution in [2.45, 2.75) is 54.2 Å². The summed E-state index contributed by atoms with van der Waals surface area (Å²) in [6.45, 7) is 9.60. The summed E-state index contributed by atoms with van der Waals surface area (Å²) in [7, 11) is 0. The summed E-state index contributed by atoms with van der Waals surface area (Å²) >= 11 is 6.51. The number of benzene rings is 2. The van der Waals surface area contributed by atoms with E-state index in [1.807, 2.05) is 13.8 Å².